The number of nitrogens with one attached hydrogen (secondary N) is 1. The maximum absolute atomic E-state index is 11.4. The van der Waals surface area contributed by atoms with E-state index >= 15 is 0 Å². The lowest BCUT2D eigenvalue weighted by Gasteiger charge is -2.23. The van der Waals surface area contributed by atoms with Crippen molar-refractivity contribution in [2.24, 2.45) is 0 Å². The van der Waals surface area contributed by atoms with Gasteiger partial charge in [-0.25, -0.2) is 4.79 Å². The number of hydrogen-bond acceptors (Lipinski definition) is 3. The molecule has 2 unspecified atom stereocenters. The van der Waals surface area contributed by atoms with Crippen LogP contribution in [0.5, 0.6) is 0 Å². The van der Waals surface area contributed by atoms with Crippen molar-refractivity contribution in [2.75, 3.05) is 7.11 Å². The summed E-state index contributed by atoms with van der Waals surface area (Å²) in [7, 11) is 1.41. The van der Waals surface area contributed by atoms with Crippen molar-refractivity contribution in [2.45, 2.75) is 37.8 Å². The molecule has 2 aliphatic rings. The average molecular weight is 257 g/mol. The maximum Gasteiger partial charge on any atom is 0.337 e. The molecule has 0 aliphatic carbocycles. The van der Waals surface area contributed by atoms with Gasteiger partial charge in [0.1, 0.15) is 0 Å². The van der Waals surface area contributed by atoms with Crippen LogP contribution in [0.4, 0.5) is 0 Å². The smallest absolute Gasteiger partial charge is 0.337 e. The lowest BCUT2D eigenvalue weighted by Crippen LogP contribution is -2.34. The van der Waals surface area contributed by atoms with E-state index in [-0.39, 0.29) is 5.97 Å². The number of ether oxygens (including phenoxy) is 1. The Morgan fingerprint density at radius 2 is 1.84 bits per heavy atom. The number of methoxy groups -OCH3 is 1. The van der Waals surface area contributed by atoms with Gasteiger partial charge in [0.05, 0.1) is 12.7 Å². The summed E-state index contributed by atoms with van der Waals surface area (Å²) in [5.41, 5.74) is 3.30. The van der Waals surface area contributed by atoms with Crippen LogP contribution >= 0.6 is 0 Å². The van der Waals surface area contributed by atoms with Gasteiger partial charge < -0.3 is 10.1 Å². The van der Waals surface area contributed by atoms with E-state index in [1.54, 1.807) is 0 Å². The summed E-state index contributed by atoms with van der Waals surface area (Å²) in [4.78, 5) is 11.4. The minimum absolute atomic E-state index is 0.279. The lowest BCUT2D eigenvalue weighted by atomic mass is 9.96. The molecule has 3 rings (SSSR count). The Morgan fingerprint density at radius 3 is 2.42 bits per heavy atom. The predicted molar refractivity (Wildman–Crippen MR) is 74.9 cm³/mol. The average Bonchev–Trinajstić information content (AvgIpc) is 2.78. The van der Waals surface area contributed by atoms with Gasteiger partial charge in [0.15, 0.2) is 0 Å². The number of benzene rings is 1. The van der Waals surface area contributed by atoms with Gasteiger partial charge in [0.25, 0.3) is 0 Å². The van der Waals surface area contributed by atoms with E-state index in [1.165, 1.54) is 31.1 Å². The molecule has 2 heterocycles. The van der Waals surface area contributed by atoms with Crippen molar-refractivity contribution in [3.8, 4) is 0 Å². The van der Waals surface area contributed by atoms with Crippen molar-refractivity contribution < 1.29 is 9.53 Å². The Hall–Kier alpha value is -1.61. The van der Waals surface area contributed by atoms with Crippen molar-refractivity contribution >= 4 is 12.0 Å². The quantitative estimate of drug-likeness (QED) is 0.828. The molecule has 100 valence electrons. The molecule has 1 N–H and O–H groups in total. The van der Waals surface area contributed by atoms with Crippen molar-refractivity contribution in [1.82, 2.24) is 5.32 Å². The normalized spacial score (nSPS) is 25.2. The third-order valence-corrected chi connectivity index (χ3v) is 4.05. The third kappa shape index (κ3) is 2.71. The summed E-state index contributed by atoms with van der Waals surface area (Å²) < 4.78 is 4.70. The summed E-state index contributed by atoms with van der Waals surface area (Å²) in [5.74, 6) is -0.279. The first-order valence-electron chi connectivity index (χ1n) is 6.88. The highest BCUT2D eigenvalue weighted by Crippen LogP contribution is 2.31. The molecule has 2 aliphatic heterocycles. The highest BCUT2D eigenvalue weighted by molar-refractivity contribution is 5.89. The lowest BCUT2D eigenvalue weighted by molar-refractivity contribution is 0.0601. The molecule has 19 heavy (non-hydrogen) atoms. The minimum Gasteiger partial charge on any atom is -0.465 e. The number of fused-ring (bicyclic) bond motifs is 2. The van der Waals surface area contributed by atoms with E-state index in [4.69, 9.17) is 4.74 Å². The third-order valence-electron chi connectivity index (χ3n) is 4.05. The first kappa shape index (κ1) is 12.4. The van der Waals surface area contributed by atoms with Crippen LogP contribution in [0.2, 0.25) is 0 Å². The van der Waals surface area contributed by atoms with Crippen LogP contribution < -0.4 is 5.32 Å². The summed E-state index contributed by atoms with van der Waals surface area (Å²) in [6, 6.07) is 8.99. The maximum atomic E-state index is 11.4. The van der Waals surface area contributed by atoms with E-state index in [0.29, 0.717) is 17.6 Å². The second kappa shape index (κ2) is 5.17. The van der Waals surface area contributed by atoms with E-state index in [1.807, 2.05) is 24.3 Å². The Bertz CT molecular complexity index is 490. The van der Waals surface area contributed by atoms with Crippen molar-refractivity contribution in [1.29, 1.82) is 0 Å². The zero-order chi connectivity index (χ0) is 13.2. The number of carbonyl (C=O) groups excluding carboxylic acids is 1. The number of carbonyl (C=O) groups is 1. The van der Waals surface area contributed by atoms with Crippen LogP contribution in [0.25, 0.3) is 6.08 Å². The molecule has 0 radical (unpaired) electrons. The Labute approximate surface area is 113 Å². The Balaban J connectivity index is 1.74. The van der Waals surface area contributed by atoms with Gasteiger partial charge in [-0.15, -0.1) is 0 Å². The van der Waals surface area contributed by atoms with Gasteiger partial charge in [-0.1, -0.05) is 23.8 Å². The first-order chi connectivity index (χ1) is 9.24. The van der Waals surface area contributed by atoms with Crippen LogP contribution in [0, 0.1) is 0 Å². The van der Waals surface area contributed by atoms with Crippen LogP contribution in [0.15, 0.2) is 29.8 Å². The summed E-state index contributed by atoms with van der Waals surface area (Å²) in [6.07, 6.45) is 7.21. The minimum atomic E-state index is -0.279. The van der Waals surface area contributed by atoms with E-state index in [2.05, 4.69) is 11.4 Å². The molecule has 0 amide bonds. The molecule has 1 aromatic rings. The molecule has 1 aromatic carbocycles. The highest BCUT2D eigenvalue weighted by Gasteiger charge is 2.29. The number of piperidine rings is 1. The molecule has 0 aromatic heterocycles. The van der Waals surface area contributed by atoms with Crippen molar-refractivity contribution in [3.63, 3.8) is 0 Å². The molecule has 2 atom stereocenters. The summed E-state index contributed by atoms with van der Waals surface area (Å²) in [5, 5.41) is 3.64. The van der Waals surface area contributed by atoms with Gasteiger partial charge in [0, 0.05) is 12.1 Å². The van der Waals surface area contributed by atoms with Gasteiger partial charge in [-0.3, -0.25) is 0 Å². The molecule has 2 bridgehead atoms. The molecule has 0 spiro atoms. The molecule has 2 saturated heterocycles. The predicted octanol–water partition coefficient (Wildman–Crippen LogP) is 2.77. The highest BCUT2D eigenvalue weighted by atomic mass is 16.5. The molecular formula is C16H19NO2. The fraction of sp³-hybridized carbons (Fsp3) is 0.438. The summed E-state index contributed by atoms with van der Waals surface area (Å²) in [6.45, 7) is 0. The van der Waals surface area contributed by atoms with Crippen molar-refractivity contribution in [3.05, 3.63) is 41.0 Å². The van der Waals surface area contributed by atoms with E-state index in [0.717, 1.165) is 12.8 Å². The van der Waals surface area contributed by atoms with Crippen LogP contribution in [-0.2, 0) is 4.74 Å². The first-order valence-corrected chi connectivity index (χ1v) is 6.88. The fourth-order valence-corrected chi connectivity index (χ4v) is 3.13. The number of rotatable bonds is 2. The zero-order valence-electron chi connectivity index (χ0n) is 11.2. The SMILES string of the molecule is COC(=O)c1ccc(C=C2CC3CCC(C2)N3)cc1. The van der Waals surface area contributed by atoms with Crippen LogP contribution in [0.1, 0.15) is 41.6 Å². The molecule has 0 saturated carbocycles. The Kier molecular flexibility index (Phi) is 3.38. The summed E-state index contributed by atoms with van der Waals surface area (Å²) >= 11 is 0. The molecule has 3 heteroatoms. The molecule has 2 fully saturated rings. The van der Waals surface area contributed by atoms with E-state index in [9.17, 15) is 4.79 Å². The second-order valence-corrected chi connectivity index (χ2v) is 5.46. The second-order valence-electron chi connectivity index (χ2n) is 5.46. The van der Waals surface area contributed by atoms with Gasteiger partial charge in [-0.05, 0) is 43.4 Å². The van der Waals surface area contributed by atoms with Crippen LogP contribution in [-0.4, -0.2) is 25.2 Å². The standard InChI is InChI=1S/C16H19NO2/c1-19-16(18)13-4-2-11(3-5-13)8-12-9-14-6-7-15(10-12)17-14/h2-5,8,14-15,17H,6-7,9-10H2,1H3. The topological polar surface area (TPSA) is 38.3 Å². The van der Waals surface area contributed by atoms with Gasteiger partial charge in [0.2, 0.25) is 0 Å². The molecule has 3 nitrogen and oxygen atoms in total. The Morgan fingerprint density at radius 1 is 1.21 bits per heavy atom. The van der Waals surface area contributed by atoms with E-state index < -0.39 is 0 Å². The van der Waals surface area contributed by atoms with Crippen LogP contribution in [0.3, 0.4) is 0 Å². The number of hydrogen-bond donors (Lipinski definition) is 1. The van der Waals surface area contributed by atoms with Gasteiger partial charge >= 0.3 is 5.97 Å². The largest absolute Gasteiger partial charge is 0.465 e. The fourth-order valence-electron chi connectivity index (χ4n) is 3.13. The monoisotopic (exact) mass is 257 g/mol. The molecular weight excluding hydrogens is 238 g/mol. The number of esters is 1. The van der Waals surface area contributed by atoms with Gasteiger partial charge in [-0.2, -0.15) is 0 Å². The zero-order valence-corrected chi connectivity index (χ0v) is 11.2.